The molecule has 3 heteroatoms. The number of unbranched alkanes of at least 4 members (excludes halogenated alkanes) is 1. The normalized spacial score (nSPS) is 12.2. The van der Waals surface area contributed by atoms with Crippen molar-refractivity contribution >= 4 is 5.97 Å². The fourth-order valence-electron chi connectivity index (χ4n) is 3.01. The van der Waals surface area contributed by atoms with Gasteiger partial charge in [-0.15, -0.1) is 0 Å². The fourth-order valence-corrected chi connectivity index (χ4v) is 3.01. The van der Waals surface area contributed by atoms with Crippen molar-refractivity contribution in [1.82, 2.24) is 4.90 Å². The summed E-state index contributed by atoms with van der Waals surface area (Å²) in [5.74, 6) is -0.720. The van der Waals surface area contributed by atoms with Crippen LogP contribution in [0.15, 0.2) is 60.7 Å². The molecule has 0 saturated heterocycles. The molecule has 0 spiro atoms. The van der Waals surface area contributed by atoms with Gasteiger partial charge in [0.25, 0.3) is 0 Å². The lowest BCUT2D eigenvalue weighted by Crippen LogP contribution is -2.36. The van der Waals surface area contributed by atoms with Crippen LogP contribution >= 0.6 is 0 Å². The molecular weight excluding hydrogens is 298 g/mol. The van der Waals surface area contributed by atoms with Crippen LogP contribution in [0.2, 0.25) is 0 Å². The van der Waals surface area contributed by atoms with Crippen LogP contribution in [-0.4, -0.2) is 22.0 Å². The highest BCUT2D eigenvalue weighted by Crippen LogP contribution is 2.19. The van der Waals surface area contributed by atoms with Crippen LogP contribution in [0, 0.1) is 0 Å². The lowest BCUT2D eigenvalue weighted by atomic mass is 10.0. The van der Waals surface area contributed by atoms with E-state index in [0.29, 0.717) is 0 Å². The Morgan fingerprint density at radius 3 is 1.88 bits per heavy atom. The molecule has 3 nitrogen and oxygen atoms in total. The second-order valence-corrected chi connectivity index (χ2v) is 6.27. The first-order chi connectivity index (χ1) is 11.7. The molecule has 2 rings (SSSR count). The molecule has 0 heterocycles. The van der Waals surface area contributed by atoms with Gasteiger partial charge in [-0.2, -0.15) is 0 Å². The number of aliphatic carboxylic acids is 1. The maximum absolute atomic E-state index is 11.4. The Kier molecular flexibility index (Phi) is 7.50. The molecule has 128 valence electrons. The van der Waals surface area contributed by atoms with Crippen molar-refractivity contribution < 1.29 is 9.90 Å². The maximum atomic E-state index is 11.4. The summed E-state index contributed by atoms with van der Waals surface area (Å²) in [4.78, 5) is 13.7. The smallest absolute Gasteiger partial charge is 0.304 e. The number of hydrogen-bond acceptors (Lipinski definition) is 2. The zero-order valence-corrected chi connectivity index (χ0v) is 14.4. The third kappa shape index (κ3) is 6.17. The van der Waals surface area contributed by atoms with Crippen LogP contribution in [0.5, 0.6) is 0 Å². The maximum Gasteiger partial charge on any atom is 0.304 e. The summed E-state index contributed by atoms with van der Waals surface area (Å²) in [7, 11) is 0. The van der Waals surface area contributed by atoms with Crippen LogP contribution in [-0.2, 0) is 17.9 Å². The molecule has 0 amide bonds. The zero-order valence-electron chi connectivity index (χ0n) is 14.4. The Bertz CT molecular complexity index is 556. The molecule has 0 aliphatic heterocycles. The third-order valence-corrected chi connectivity index (χ3v) is 4.27. The Morgan fingerprint density at radius 1 is 0.958 bits per heavy atom. The Morgan fingerprint density at radius 2 is 1.46 bits per heavy atom. The van der Waals surface area contributed by atoms with E-state index in [0.717, 1.165) is 32.4 Å². The van der Waals surface area contributed by atoms with Crippen LogP contribution < -0.4 is 0 Å². The Balaban J connectivity index is 2.19. The number of rotatable bonds is 10. The van der Waals surface area contributed by atoms with E-state index in [1.165, 1.54) is 11.1 Å². The minimum atomic E-state index is -0.720. The molecule has 0 aliphatic carbocycles. The van der Waals surface area contributed by atoms with Crippen molar-refractivity contribution in [2.24, 2.45) is 0 Å². The predicted molar refractivity (Wildman–Crippen MR) is 97.7 cm³/mol. The number of carbonyl (C=O) groups is 1. The Hall–Kier alpha value is -2.13. The van der Waals surface area contributed by atoms with Crippen molar-refractivity contribution in [3.63, 3.8) is 0 Å². The SMILES string of the molecule is CCCCC(CC(=O)O)N(Cc1ccccc1)Cc1ccccc1. The molecule has 0 radical (unpaired) electrons. The molecule has 1 unspecified atom stereocenters. The largest absolute Gasteiger partial charge is 0.481 e. The van der Waals surface area contributed by atoms with Gasteiger partial charge < -0.3 is 5.11 Å². The van der Waals surface area contributed by atoms with Crippen LogP contribution in [0.3, 0.4) is 0 Å². The first kappa shape index (κ1) is 18.2. The van der Waals surface area contributed by atoms with Crippen LogP contribution in [0.1, 0.15) is 43.7 Å². The summed E-state index contributed by atoms with van der Waals surface area (Å²) >= 11 is 0. The molecule has 0 fully saturated rings. The van der Waals surface area contributed by atoms with Crippen molar-refractivity contribution in [2.45, 2.75) is 51.7 Å². The molecule has 2 aromatic carbocycles. The summed E-state index contributed by atoms with van der Waals surface area (Å²) in [6.45, 7) is 3.70. The van der Waals surface area contributed by atoms with Gasteiger partial charge in [0.2, 0.25) is 0 Å². The van der Waals surface area contributed by atoms with E-state index >= 15 is 0 Å². The fraction of sp³-hybridized carbons (Fsp3) is 0.381. The highest BCUT2D eigenvalue weighted by atomic mass is 16.4. The van der Waals surface area contributed by atoms with Gasteiger partial charge >= 0.3 is 5.97 Å². The van der Waals surface area contributed by atoms with Crippen molar-refractivity contribution in [3.05, 3.63) is 71.8 Å². The minimum Gasteiger partial charge on any atom is -0.481 e. The molecule has 0 aliphatic rings. The van der Waals surface area contributed by atoms with E-state index in [1.54, 1.807) is 0 Å². The van der Waals surface area contributed by atoms with Gasteiger partial charge in [-0.25, -0.2) is 0 Å². The Labute approximate surface area is 144 Å². The zero-order chi connectivity index (χ0) is 17.2. The van der Waals surface area contributed by atoms with Gasteiger partial charge in [-0.3, -0.25) is 9.69 Å². The second kappa shape index (κ2) is 9.89. The number of carboxylic acid groups (broad SMARTS) is 1. The summed E-state index contributed by atoms with van der Waals surface area (Å²) in [5, 5.41) is 9.34. The minimum absolute atomic E-state index is 0.0582. The molecule has 1 atom stereocenters. The van der Waals surface area contributed by atoms with E-state index in [9.17, 15) is 9.90 Å². The second-order valence-electron chi connectivity index (χ2n) is 6.27. The van der Waals surface area contributed by atoms with Gasteiger partial charge in [-0.1, -0.05) is 80.4 Å². The molecule has 24 heavy (non-hydrogen) atoms. The lowest BCUT2D eigenvalue weighted by molar-refractivity contribution is -0.138. The number of carboxylic acids is 1. The van der Waals surface area contributed by atoms with Gasteiger partial charge in [0.1, 0.15) is 0 Å². The number of benzene rings is 2. The van der Waals surface area contributed by atoms with E-state index in [2.05, 4.69) is 36.1 Å². The molecule has 0 bridgehead atoms. The average Bonchev–Trinajstić information content (AvgIpc) is 2.59. The van der Waals surface area contributed by atoms with E-state index in [1.807, 2.05) is 36.4 Å². The average molecular weight is 325 g/mol. The van der Waals surface area contributed by atoms with Gasteiger partial charge in [0.05, 0.1) is 6.42 Å². The molecule has 0 saturated carbocycles. The van der Waals surface area contributed by atoms with Crippen molar-refractivity contribution in [1.29, 1.82) is 0 Å². The summed E-state index contributed by atoms with van der Waals surface area (Å²) in [5.41, 5.74) is 2.45. The molecular formula is C21H27NO2. The van der Waals surface area contributed by atoms with Gasteiger partial charge in [0.15, 0.2) is 0 Å². The van der Waals surface area contributed by atoms with E-state index in [-0.39, 0.29) is 12.5 Å². The van der Waals surface area contributed by atoms with Crippen LogP contribution in [0.4, 0.5) is 0 Å². The van der Waals surface area contributed by atoms with E-state index < -0.39 is 5.97 Å². The quantitative estimate of drug-likeness (QED) is 0.687. The summed E-state index contributed by atoms with van der Waals surface area (Å²) in [6, 6.07) is 20.7. The van der Waals surface area contributed by atoms with Gasteiger partial charge in [0, 0.05) is 19.1 Å². The predicted octanol–water partition coefficient (Wildman–Crippen LogP) is 4.72. The summed E-state index contributed by atoms with van der Waals surface area (Å²) < 4.78 is 0. The highest BCUT2D eigenvalue weighted by Gasteiger charge is 2.21. The van der Waals surface area contributed by atoms with Crippen molar-refractivity contribution in [3.8, 4) is 0 Å². The molecule has 2 aromatic rings. The molecule has 0 aromatic heterocycles. The first-order valence-corrected chi connectivity index (χ1v) is 8.72. The van der Waals surface area contributed by atoms with Gasteiger partial charge in [-0.05, 0) is 17.5 Å². The number of nitrogens with zero attached hydrogens (tertiary/aromatic N) is 1. The number of hydrogen-bond donors (Lipinski definition) is 1. The molecule has 1 N–H and O–H groups in total. The van der Waals surface area contributed by atoms with E-state index in [4.69, 9.17) is 0 Å². The topological polar surface area (TPSA) is 40.5 Å². The van der Waals surface area contributed by atoms with Crippen molar-refractivity contribution in [2.75, 3.05) is 0 Å². The third-order valence-electron chi connectivity index (χ3n) is 4.27. The lowest BCUT2D eigenvalue weighted by Gasteiger charge is -2.31. The highest BCUT2D eigenvalue weighted by molar-refractivity contribution is 5.67. The van der Waals surface area contributed by atoms with Crippen LogP contribution in [0.25, 0.3) is 0 Å². The standard InChI is InChI=1S/C21H27NO2/c1-2-3-14-20(15-21(23)24)22(16-18-10-6-4-7-11-18)17-19-12-8-5-9-13-19/h4-13,20H,2-3,14-17H2,1H3,(H,23,24). The first-order valence-electron chi connectivity index (χ1n) is 8.72. The monoisotopic (exact) mass is 325 g/mol. The summed E-state index contributed by atoms with van der Waals surface area (Å²) in [6.07, 6.45) is 3.25.